The lowest BCUT2D eigenvalue weighted by atomic mass is 10.1. The molecule has 2 heterocycles. The minimum absolute atomic E-state index is 0.0774. The summed E-state index contributed by atoms with van der Waals surface area (Å²) in [6.45, 7) is 0.628. The molecule has 6 heteroatoms. The molecule has 0 saturated heterocycles. The Hall–Kier alpha value is -2.21. The summed E-state index contributed by atoms with van der Waals surface area (Å²) in [6.07, 6.45) is 4.13. The minimum Gasteiger partial charge on any atom is -0.488 e. The van der Waals surface area contributed by atoms with Gasteiger partial charge in [-0.05, 0) is 11.6 Å². The lowest BCUT2D eigenvalue weighted by Crippen LogP contribution is -2.26. The number of para-hydroxylation sites is 1. The fourth-order valence-corrected chi connectivity index (χ4v) is 2.38. The molecule has 102 valence electrons. The lowest BCUT2D eigenvalue weighted by Gasteiger charge is -2.13. The molecule has 20 heavy (non-hydrogen) atoms. The predicted octanol–water partition coefficient (Wildman–Crippen LogP) is 1.53. The summed E-state index contributed by atoms with van der Waals surface area (Å²) in [4.78, 5) is 8.58. The average molecular weight is 286 g/mol. The van der Waals surface area contributed by atoms with Crippen molar-refractivity contribution in [3.05, 3.63) is 47.9 Å². The molecule has 5 nitrogen and oxygen atoms in total. The van der Waals surface area contributed by atoms with Crippen molar-refractivity contribution in [1.29, 1.82) is 0 Å². The maximum Gasteiger partial charge on any atom is 0.155 e. The first-order valence-electron chi connectivity index (χ1n) is 6.33. The third-order valence-corrected chi connectivity index (χ3v) is 3.34. The van der Waals surface area contributed by atoms with E-state index in [1.807, 2.05) is 18.2 Å². The molecule has 1 atom stereocenters. The van der Waals surface area contributed by atoms with Gasteiger partial charge in [0.25, 0.3) is 0 Å². The number of nitrogens with two attached hydrogens (primary N) is 1. The van der Waals surface area contributed by atoms with Crippen molar-refractivity contribution >= 4 is 23.0 Å². The summed E-state index contributed by atoms with van der Waals surface area (Å²) < 4.78 is 5.85. The van der Waals surface area contributed by atoms with Gasteiger partial charge in [-0.2, -0.15) is 0 Å². The number of aromatic nitrogens is 2. The van der Waals surface area contributed by atoms with Crippen molar-refractivity contribution < 1.29 is 4.74 Å². The molecular formula is C14H14N4OS. The summed E-state index contributed by atoms with van der Waals surface area (Å²) in [7, 11) is 0. The van der Waals surface area contributed by atoms with E-state index in [0.29, 0.717) is 18.1 Å². The molecule has 0 amide bonds. The van der Waals surface area contributed by atoms with Crippen molar-refractivity contribution in [2.45, 2.75) is 12.5 Å². The molecule has 0 saturated carbocycles. The third-order valence-electron chi connectivity index (χ3n) is 3.14. The van der Waals surface area contributed by atoms with E-state index in [4.69, 9.17) is 22.7 Å². The van der Waals surface area contributed by atoms with E-state index in [2.05, 4.69) is 21.4 Å². The van der Waals surface area contributed by atoms with Crippen molar-refractivity contribution in [2.24, 2.45) is 5.73 Å². The van der Waals surface area contributed by atoms with E-state index in [-0.39, 0.29) is 11.1 Å². The number of hydrogen-bond donors (Lipinski definition) is 2. The second-order valence-corrected chi connectivity index (χ2v) is 4.99. The summed E-state index contributed by atoms with van der Waals surface area (Å²) >= 11 is 4.96. The van der Waals surface area contributed by atoms with Crippen molar-refractivity contribution in [3.63, 3.8) is 0 Å². The fourth-order valence-electron chi connectivity index (χ4n) is 2.23. The number of nitrogens with zero attached hydrogens (tertiary/aromatic N) is 2. The Morgan fingerprint density at radius 2 is 2.15 bits per heavy atom. The van der Waals surface area contributed by atoms with E-state index in [1.54, 1.807) is 12.4 Å². The van der Waals surface area contributed by atoms with E-state index in [0.717, 1.165) is 12.2 Å². The van der Waals surface area contributed by atoms with Crippen LogP contribution in [0, 0.1) is 0 Å². The van der Waals surface area contributed by atoms with Crippen LogP contribution < -0.4 is 15.8 Å². The third kappa shape index (κ3) is 2.55. The number of ether oxygens (including phenoxy) is 1. The number of anilines is 1. The largest absolute Gasteiger partial charge is 0.488 e. The van der Waals surface area contributed by atoms with Crippen LogP contribution in [-0.4, -0.2) is 27.6 Å². The molecule has 1 aliphatic rings. The van der Waals surface area contributed by atoms with Crippen LogP contribution in [0.5, 0.6) is 5.75 Å². The van der Waals surface area contributed by atoms with Crippen LogP contribution in [0.4, 0.5) is 5.82 Å². The zero-order chi connectivity index (χ0) is 13.9. The Kier molecular flexibility index (Phi) is 3.47. The lowest BCUT2D eigenvalue weighted by molar-refractivity contribution is 0.246. The second kappa shape index (κ2) is 5.42. The quantitative estimate of drug-likeness (QED) is 0.830. The first-order chi connectivity index (χ1) is 9.74. The van der Waals surface area contributed by atoms with Gasteiger partial charge in [0.15, 0.2) is 5.82 Å². The van der Waals surface area contributed by atoms with Crippen LogP contribution in [0.15, 0.2) is 36.7 Å². The van der Waals surface area contributed by atoms with Crippen molar-refractivity contribution in [1.82, 2.24) is 9.97 Å². The molecule has 1 unspecified atom stereocenters. The molecule has 2 aromatic rings. The highest BCUT2D eigenvalue weighted by atomic mass is 32.1. The molecule has 3 rings (SSSR count). The van der Waals surface area contributed by atoms with Crippen LogP contribution >= 0.6 is 12.2 Å². The van der Waals surface area contributed by atoms with E-state index in [9.17, 15) is 0 Å². The summed E-state index contributed by atoms with van der Waals surface area (Å²) in [6, 6.07) is 8.06. The summed E-state index contributed by atoms with van der Waals surface area (Å²) in [5.74, 6) is 1.55. The minimum atomic E-state index is 0.0774. The van der Waals surface area contributed by atoms with Gasteiger partial charge in [0.2, 0.25) is 0 Å². The van der Waals surface area contributed by atoms with Gasteiger partial charge in [0.05, 0.1) is 6.54 Å². The Morgan fingerprint density at radius 3 is 2.95 bits per heavy atom. The normalized spacial score (nSPS) is 16.3. The van der Waals surface area contributed by atoms with Crippen LogP contribution in [0.25, 0.3) is 0 Å². The zero-order valence-corrected chi connectivity index (χ0v) is 11.6. The molecule has 3 N–H and O–H groups in total. The second-order valence-electron chi connectivity index (χ2n) is 4.55. The van der Waals surface area contributed by atoms with E-state index in [1.165, 1.54) is 5.56 Å². The Balaban J connectivity index is 1.66. The Bertz CT molecular complexity index is 622. The van der Waals surface area contributed by atoms with Gasteiger partial charge < -0.3 is 15.8 Å². The van der Waals surface area contributed by atoms with Crippen molar-refractivity contribution in [2.75, 3.05) is 11.9 Å². The molecule has 0 spiro atoms. The standard InChI is InChI=1S/C14H14N4OS/c15-13(20)12-14(17-6-5-16-12)18-8-10-7-9-3-1-2-4-11(9)19-10/h1-6,10H,7-8H2,(H2,15,20)(H,17,18). The Morgan fingerprint density at radius 1 is 1.35 bits per heavy atom. The first-order valence-corrected chi connectivity index (χ1v) is 6.74. The van der Waals surface area contributed by atoms with E-state index < -0.39 is 0 Å². The van der Waals surface area contributed by atoms with Gasteiger partial charge in [0.1, 0.15) is 22.5 Å². The van der Waals surface area contributed by atoms with Crippen molar-refractivity contribution in [3.8, 4) is 5.75 Å². The number of hydrogen-bond acceptors (Lipinski definition) is 5. The van der Waals surface area contributed by atoms with Gasteiger partial charge in [-0.15, -0.1) is 0 Å². The van der Waals surface area contributed by atoms with Crippen LogP contribution in [0.2, 0.25) is 0 Å². The average Bonchev–Trinajstić information content (AvgIpc) is 2.88. The highest BCUT2D eigenvalue weighted by molar-refractivity contribution is 7.80. The first kappa shape index (κ1) is 12.8. The number of rotatable bonds is 4. The molecule has 1 aromatic heterocycles. The SMILES string of the molecule is NC(=S)c1nccnc1NCC1Cc2ccccc2O1. The highest BCUT2D eigenvalue weighted by Gasteiger charge is 2.22. The van der Waals surface area contributed by atoms with Crippen LogP contribution in [0.1, 0.15) is 11.3 Å². The fraction of sp³-hybridized carbons (Fsp3) is 0.214. The van der Waals surface area contributed by atoms with Gasteiger partial charge in [-0.1, -0.05) is 30.4 Å². The molecule has 1 aliphatic heterocycles. The predicted molar refractivity (Wildman–Crippen MR) is 81.0 cm³/mol. The smallest absolute Gasteiger partial charge is 0.155 e. The topological polar surface area (TPSA) is 73.1 Å². The monoisotopic (exact) mass is 286 g/mol. The number of fused-ring (bicyclic) bond motifs is 1. The molecule has 0 bridgehead atoms. The maximum absolute atomic E-state index is 5.85. The number of benzene rings is 1. The van der Waals surface area contributed by atoms with Crippen LogP contribution in [-0.2, 0) is 6.42 Å². The molecule has 0 fully saturated rings. The summed E-state index contributed by atoms with van der Waals surface area (Å²) in [5.41, 5.74) is 7.37. The Labute approximate surface area is 122 Å². The molecule has 1 aromatic carbocycles. The zero-order valence-electron chi connectivity index (χ0n) is 10.7. The number of nitrogens with one attached hydrogen (secondary N) is 1. The van der Waals surface area contributed by atoms with Gasteiger partial charge in [-0.25, -0.2) is 9.97 Å². The van der Waals surface area contributed by atoms with Gasteiger partial charge in [-0.3, -0.25) is 0 Å². The van der Waals surface area contributed by atoms with Gasteiger partial charge in [0, 0.05) is 18.8 Å². The van der Waals surface area contributed by atoms with E-state index >= 15 is 0 Å². The molecule has 0 aliphatic carbocycles. The number of thiocarbonyl (C=S) groups is 1. The summed E-state index contributed by atoms with van der Waals surface area (Å²) in [5, 5.41) is 3.21. The van der Waals surface area contributed by atoms with Crippen LogP contribution in [0.3, 0.4) is 0 Å². The maximum atomic E-state index is 5.85. The molecule has 0 radical (unpaired) electrons. The highest BCUT2D eigenvalue weighted by Crippen LogP contribution is 2.28. The molecular weight excluding hydrogens is 272 g/mol. The van der Waals surface area contributed by atoms with Gasteiger partial charge >= 0.3 is 0 Å².